The molecule has 0 radical (unpaired) electrons. The van der Waals surface area contributed by atoms with Crippen LogP contribution in [0.25, 0.3) is 0 Å². The fourth-order valence-corrected chi connectivity index (χ4v) is 3.77. The van der Waals surface area contributed by atoms with Gasteiger partial charge in [-0.3, -0.25) is 0 Å². The van der Waals surface area contributed by atoms with Crippen LogP contribution in [-0.4, -0.2) is 32.5 Å². The molecule has 0 aliphatic carbocycles. The van der Waals surface area contributed by atoms with Crippen LogP contribution in [0.15, 0.2) is 72.8 Å². The minimum absolute atomic E-state index is 0.0829. The lowest BCUT2D eigenvalue weighted by molar-refractivity contribution is 0.174. The van der Waals surface area contributed by atoms with Crippen molar-refractivity contribution in [3.8, 4) is 17.2 Å². The second kappa shape index (κ2) is 10.6. The highest BCUT2D eigenvalue weighted by molar-refractivity contribution is 5.74. The van der Waals surface area contributed by atoms with E-state index < -0.39 is 0 Å². The van der Waals surface area contributed by atoms with Gasteiger partial charge in [0.2, 0.25) is 6.79 Å². The Morgan fingerprint density at radius 3 is 2.41 bits per heavy atom. The minimum atomic E-state index is -0.166. The highest BCUT2D eigenvalue weighted by Crippen LogP contribution is 2.33. The summed E-state index contributed by atoms with van der Waals surface area (Å²) in [6.45, 7) is 0.825. The van der Waals surface area contributed by atoms with Crippen molar-refractivity contribution in [3.05, 3.63) is 89.5 Å². The van der Waals surface area contributed by atoms with E-state index in [1.54, 1.807) is 7.11 Å². The Balaban J connectivity index is 1.39. The van der Waals surface area contributed by atoms with Crippen molar-refractivity contribution in [1.82, 2.24) is 10.6 Å². The summed E-state index contributed by atoms with van der Waals surface area (Å²) in [5.74, 6) is 2.32. The van der Waals surface area contributed by atoms with Gasteiger partial charge in [-0.05, 0) is 60.2 Å². The van der Waals surface area contributed by atoms with Crippen LogP contribution in [0.3, 0.4) is 0 Å². The maximum Gasteiger partial charge on any atom is 0.315 e. The number of methoxy groups -OCH3 is 1. The lowest BCUT2D eigenvalue weighted by atomic mass is 9.98. The highest BCUT2D eigenvalue weighted by Gasteiger charge is 2.18. The summed E-state index contributed by atoms with van der Waals surface area (Å²) in [5, 5.41) is 6.12. The fraction of sp³-hybridized carbons (Fsp3) is 0.269. The van der Waals surface area contributed by atoms with Gasteiger partial charge < -0.3 is 24.8 Å². The molecule has 0 aromatic heterocycles. The third-order valence-electron chi connectivity index (χ3n) is 5.44. The Morgan fingerprint density at radius 1 is 0.906 bits per heavy atom. The van der Waals surface area contributed by atoms with Crippen molar-refractivity contribution in [1.29, 1.82) is 0 Å². The van der Waals surface area contributed by atoms with Crippen LogP contribution in [0.4, 0.5) is 4.79 Å². The number of urea groups is 1. The Morgan fingerprint density at radius 2 is 1.62 bits per heavy atom. The lowest BCUT2D eigenvalue weighted by Crippen LogP contribution is -2.44. The Kier molecular flexibility index (Phi) is 7.12. The number of amides is 2. The number of hydrogen-bond acceptors (Lipinski definition) is 4. The number of hydrogen-bond donors (Lipinski definition) is 2. The van der Waals surface area contributed by atoms with Crippen molar-refractivity contribution < 1.29 is 19.0 Å². The number of nitrogens with one attached hydrogen (secondary N) is 2. The Bertz CT molecular complexity index is 1020. The maximum absolute atomic E-state index is 12.6. The van der Waals surface area contributed by atoms with Gasteiger partial charge in [-0.1, -0.05) is 48.5 Å². The maximum atomic E-state index is 12.6. The first-order valence-electron chi connectivity index (χ1n) is 10.8. The second-order valence-electron chi connectivity index (χ2n) is 7.78. The first-order valence-corrected chi connectivity index (χ1v) is 10.8. The summed E-state index contributed by atoms with van der Waals surface area (Å²) in [4.78, 5) is 12.6. The average molecular weight is 433 g/mol. The highest BCUT2D eigenvalue weighted by atomic mass is 16.7. The molecule has 1 aliphatic rings. The third kappa shape index (κ3) is 5.94. The summed E-state index contributed by atoms with van der Waals surface area (Å²) < 4.78 is 16.2. The van der Waals surface area contributed by atoms with Crippen molar-refractivity contribution in [2.75, 3.05) is 20.4 Å². The quantitative estimate of drug-likeness (QED) is 0.534. The zero-order valence-electron chi connectivity index (χ0n) is 18.2. The van der Waals surface area contributed by atoms with Gasteiger partial charge in [-0.15, -0.1) is 0 Å². The van der Waals surface area contributed by atoms with E-state index in [0.717, 1.165) is 34.8 Å². The number of carbonyl (C=O) groups is 1. The molecule has 6 heteroatoms. The van der Waals surface area contributed by atoms with Gasteiger partial charge in [0.25, 0.3) is 0 Å². The Labute approximate surface area is 188 Å². The molecule has 4 rings (SSSR count). The van der Waals surface area contributed by atoms with Crippen LogP contribution in [0, 0.1) is 0 Å². The molecule has 0 saturated heterocycles. The fourth-order valence-electron chi connectivity index (χ4n) is 3.77. The predicted octanol–water partition coefficient (Wildman–Crippen LogP) is 4.12. The molecule has 0 spiro atoms. The van der Waals surface area contributed by atoms with E-state index >= 15 is 0 Å². The van der Waals surface area contributed by atoms with E-state index in [4.69, 9.17) is 14.2 Å². The monoisotopic (exact) mass is 432 g/mol. The lowest BCUT2D eigenvalue weighted by Gasteiger charge is -2.20. The van der Waals surface area contributed by atoms with E-state index in [-0.39, 0.29) is 18.9 Å². The third-order valence-corrected chi connectivity index (χ3v) is 5.44. The second-order valence-corrected chi connectivity index (χ2v) is 7.78. The molecule has 1 heterocycles. The molecule has 3 aromatic rings. The number of fused-ring (bicyclic) bond motifs is 1. The molecule has 0 bridgehead atoms. The largest absolute Gasteiger partial charge is 0.497 e. The van der Waals surface area contributed by atoms with Crippen LogP contribution >= 0.6 is 0 Å². The SMILES string of the molecule is COc1ccc(CC(Cc2ccc3c(c2)OCO3)NC(=O)NCCc2ccccc2)cc1. The number of ether oxygens (including phenoxy) is 3. The van der Waals surface area contributed by atoms with Crippen LogP contribution in [0.5, 0.6) is 17.2 Å². The van der Waals surface area contributed by atoms with Gasteiger partial charge in [0.1, 0.15) is 5.75 Å². The van der Waals surface area contributed by atoms with E-state index in [1.807, 2.05) is 60.7 Å². The van der Waals surface area contributed by atoms with Gasteiger partial charge in [-0.25, -0.2) is 4.79 Å². The average Bonchev–Trinajstić information content (AvgIpc) is 3.28. The molecule has 6 nitrogen and oxygen atoms in total. The molecule has 3 aromatic carbocycles. The minimum Gasteiger partial charge on any atom is -0.497 e. The molecule has 0 saturated carbocycles. The first kappa shape index (κ1) is 21.6. The van der Waals surface area contributed by atoms with E-state index in [2.05, 4.69) is 22.8 Å². The normalized spacial score (nSPS) is 12.8. The van der Waals surface area contributed by atoms with Crippen molar-refractivity contribution in [2.45, 2.75) is 25.3 Å². The van der Waals surface area contributed by atoms with Crippen LogP contribution in [-0.2, 0) is 19.3 Å². The summed E-state index contributed by atoms with van der Waals surface area (Å²) >= 11 is 0. The number of carbonyl (C=O) groups excluding carboxylic acids is 1. The summed E-state index contributed by atoms with van der Waals surface area (Å²) in [7, 11) is 1.65. The van der Waals surface area contributed by atoms with Gasteiger partial charge >= 0.3 is 6.03 Å². The van der Waals surface area contributed by atoms with Crippen molar-refractivity contribution >= 4 is 6.03 Å². The number of rotatable bonds is 9. The van der Waals surface area contributed by atoms with Gasteiger partial charge in [0.15, 0.2) is 11.5 Å². The molecule has 2 amide bonds. The zero-order valence-corrected chi connectivity index (χ0v) is 18.2. The molecular weight excluding hydrogens is 404 g/mol. The standard InChI is InChI=1S/C26H28N2O4/c1-30-23-10-7-20(8-11-23)15-22(16-21-9-12-24-25(17-21)32-18-31-24)28-26(29)27-14-13-19-5-3-2-4-6-19/h2-12,17,22H,13-16,18H2,1H3,(H2,27,28,29). The number of benzene rings is 3. The topological polar surface area (TPSA) is 68.8 Å². The molecule has 1 aliphatic heterocycles. The summed E-state index contributed by atoms with van der Waals surface area (Å²) in [5.41, 5.74) is 3.40. The molecule has 32 heavy (non-hydrogen) atoms. The van der Waals surface area contributed by atoms with E-state index in [0.29, 0.717) is 19.4 Å². The van der Waals surface area contributed by atoms with E-state index in [9.17, 15) is 4.79 Å². The Hall–Kier alpha value is -3.67. The smallest absolute Gasteiger partial charge is 0.315 e. The van der Waals surface area contributed by atoms with Gasteiger partial charge in [0.05, 0.1) is 7.11 Å². The molecular formula is C26H28N2O4. The molecule has 2 N–H and O–H groups in total. The summed E-state index contributed by atoms with van der Waals surface area (Å²) in [6, 6.07) is 23.7. The van der Waals surface area contributed by atoms with Crippen molar-refractivity contribution in [3.63, 3.8) is 0 Å². The molecule has 0 fully saturated rings. The first-order chi connectivity index (χ1) is 15.7. The van der Waals surface area contributed by atoms with Gasteiger partial charge in [-0.2, -0.15) is 0 Å². The van der Waals surface area contributed by atoms with E-state index in [1.165, 1.54) is 5.56 Å². The van der Waals surface area contributed by atoms with Crippen LogP contribution in [0.2, 0.25) is 0 Å². The summed E-state index contributed by atoms with van der Waals surface area (Å²) in [6.07, 6.45) is 2.17. The van der Waals surface area contributed by atoms with Crippen molar-refractivity contribution in [2.24, 2.45) is 0 Å². The molecule has 1 unspecified atom stereocenters. The molecule has 1 atom stereocenters. The zero-order chi connectivity index (χ0) is 22.2. The van der Waals surface area contributed by atoms with Gasteiger partial charge in [0, 0.05) is 12.6 Å². The predicted molar refractivity (Wildman–Crippen MR) is 123 cm³/mol. The van der Waals surface area contributed by atoms with Crippen LogP contribution < -0.4 is 24.8 Å². The molecule has 166 valence electrons. The van der Waals surface area contributed by atoms with Crippen LogP contribution in [0.1, 0.15) is 16.7 Å².